The van der Waals surface area contributed by atoms with Crippen molar-refractivity contribution >= 4 is 15.9 Å². The van der Waals surface area contributed by atoms with Gasteiger partial charge in [-0.15, -0.1) is 0 Å². The quantitative estimate of drug-likeness (QED) is 0.770. The third-order valence-electron chi connectivity index (χ3n) is 3.10. The van der Waals surface area contributed by atoms with Crippen LogP contribution in [0.1, 0.15) is 38.7 Å². The summed E-state index contributed by atoms with van der Waals surface area (Å²) in [4.78, 5) is 11.9. The molecule has 0 spiro atoms. The Morgan fingerprint density at radius 3 is 2.43 bits per heavy atom. The predicted octanol–water partition coefficient (Wildman–Crippen LogP) is 1.97. The molecule has 0 saturated heterocycles. The highest BCUT2D eigenvalue weighted by Gasteiger charge is 2.14. The van der Waals surface area contributed by atoms with Crippen LogP contribution in [0.5, 0.6) is 0 Å². The largest absolute Gasteiger partial charge is 0.354 e. The number of hydrogen-bond donors (Lipinski definition) is 2. The maximum atomic E-state index is 12.0. The lowest BCUT2D eigenvalue weighted by molar-refractivity contribution is -0.121. The second-order valence-corrected chi connectivity index (χ2v) is 6.99. The van der Waals surface area contributed by atoms with Gasteiger partial charge in [0.15, 0.2) is 0 Å². The summed E-state index contributed by atoms with van der Waals surface area (Å²) in [5.74, 6) is -0.137. The number of benzene rings is 1. The first-order chi connectivity index (χ1) is 9.85. The first-order valence-electron chi connectivity index (χ1n) is 7.21. The molecule has 1 amide bonds. The van der Waals surface area contributed by atoms with Gasteiger partial charge in [0.05, 0.1) is 4.90 Å². The van der Waals surface area contributed by atoms with Crippen LogP contribution in [0.15, 0.2) is 29.2 Å². The standard InChI is InChI=1S/C15H24N2O3S/c1-4-5-13(3)17-15(18)10-11-16-21(19,20)14-8-6-12(2)7-9-14/h6-9,13,16H,4-5,10-11H2,1-3H3,(H,17,18). The minimum absolute atomic E-state index is 0.0981. The van der Waals surface area contributed by atoms with E-state index in [-0.39, 0.29) is 29.8 Å². The molecule has 0 radical (unpaired) electrons. The molecule has 0 aliphatic rings. The summed E-state index contributed by atoms with van der Waals surface area (Å²) in [6.07, 6.45) is 2.06. The van der Waals surface area contributed by atoms with Crippen molar-refractivity contribution in [2.24, 2.45) is 0 Å². The molecule has 6 heteroatoms. The van der Waals surface area contributed by atoms with Gasteiger partial charge in [0.25, 0.3) is 0 Å². The number of amides is 1. The van der Waals surface area contributed by atoms with Crippen molar-refractivity contribution in [3.05, 3.63) is 29.8 Å². The monoisotopic (exact) mass is 312 g/mol. The zero-order chi connectivity index (χ0) is 15.9. The van der Waals surface area contributed by atoms with E-state index in [0.717, 1.165) is 18.4 Å². The first kappa shape index (κ1) is 17.7. The number of sulfonamides is 1. The van der Waals surface area contributed by atoms with E-state index in [4.69, 9.17) is 0 Å². The Bertz CT molecular complexity index is 553. The molecule has 21 heavy (non-hydrogen) atoms. The van der Waals surface area contributed by atoms with Crippen LogP contribution in [-0.2, 0) is 14.8 Å². The van der Waals surface area contributed by atoms with Crippen LogP contribution < -0.4 is 10.0 Å². The van der Waals surface area contributed by atoms with Gasteiger partial charge >= 0.3 is 0 Å². The second kappa shape index (κ2) is 8.14. The third kappa shape index (κ3) is 6.27. The van der Waals surface area contributed by atoms with E-state index >= 15 is 0 Å². The Kier molecular flexibility index (Phi) is 6.84. The first-order valence-corrected chi connectivity index (χ1v) is 8.69. The SMILES string of the molecule is CCCC(C)NC(=O)CCNS(=O)(=O)c1ccc(C)cc1. The number of rotatable bonds is 8. The molecule has 1 atom stereocenters. The number of hydrogen-bond acceptors (Lipinski definition) is 3. The van der Waals surface area contributed by atoms with E-state index in [0.29, 0.717) is 0 Å². The summed E-state index contributed by atoms with van der Waals surface area (Å²) in [5.41, 5.74) is 0.998. The van der Waals surface area contributed by atoms with E-state index in [1.807, 2.05) is 13.8 Å². The van der Waals surface area contributed by atoms with Gasteiger partial charge in [-0.05, 0) is 32.4 Å². The fraction of sp³-hybridized carbons (Fsp3) is 0.533. The van der Waals surface area contributed by atoms with Crippen molar-refractivity contribution in [1.82, 2.24) is 10.0 Å². The molecule has 0 saturated carbocycles. The molecule has 0 fully saturated rings. The van der Waals surface area contributed by atoms with Crippen molar-refractivity contribution in [3.63, 3.8) is 0 Å². The van der Waals surface area contributed by atoms with Crippen LogP contribution in [0.25, 0.3) is 0 Å². The molecule has 2 N–H and O–H groups in total. The van der Waals surface area contributed by atoms with Gasteiger partial charge in [0.2, 0.25) is 15.9 Å². The number of carbonyl (C=O) groups is 1. The van der Waals surface area contributed by atoms with E-state index in [1.54, 1.807) is 24.3 Å². The van der Waals surface area contributed by atoms with Gasteiger partial charge in [-0.25, -0.2) is 13.1 Å². The molecule has 1 unspecified atom stereocenters. The van der Waals surface area contributed by atoms with Crippen LogP contribution >= 0.6 is 0 Å². The van der Waals surface area contributed by atoms with Crippen molar-refractivity contribution < 1.29 is 13.2 Å². The topological polar surface area (TPSA) is 75.3 Å². The highest BCUT2D eigenvalue weighted by atomic mass is 32.2. The van der Waals surface area contributed by atoms with E-state index in [9.17, 15) is 13.2 Å². The zero-order valence-electron chi connectivity index (χ0n) is 12.8. The van der Waals surface area contributed by atoms with E-state index in [2.05, 4.69) is 17.0 Å². The van der Waals surface area contributed by atoms with E-state index in [1.165, 1.54) is 0 Å². The summed E-state index contributed by atoms with van der Waals surface area (Å²) in [7, 11) is -3.54. The van der Waals surface area contributed by atoms with Crippen LogP contribution in [0.4, 0.5) is 0 Å². The van der Waals surface area contributed by atoms with Gasteiger partial charge in [-0.3, -0.25) is 4.79 Å². The van der Waals surface area contributed by atoms with Crippen LogP contribution in [0.3, 0.4) is 0 Å². The minimum atomic E-state index is -3.54. The third-order valence-corrected chi connectivity index (χ3v) is 4.58. The highest BCUT2D eigenvalue weighted by Crippen LogP contribution is 2.09. The molecular formula is C15H24N2O3S. The minimum Gasteiger partial charge on any atom is -0.354 e. The molecule has 118 valence electrons. The average Bonchev–Trinajstić information content (AvgIpc) is 2.39. The summed E-state index contributed by atoms with van der Waals surface area (Å²) < 4.78 is 26.5. The lowest BCUT2D eigenvalue weighted by Crippen LogP contribution is -2.35. The number of aryl methyl sites for hydroxylation is 1. The predicted molar refractivity (Wildman–Crippen MR) is 83.5 cm³/mol. The van der Waals surface area contributed by atoms with Crippen LogP contribution in [-0.4, -0.2) is 26.9 Å². The Morgan fingerprint density at radius 2 is 1.86 bits per heavy atom. The van der Waals surface area contributed by atoms with Gasteiger partial charge in [-0.1, -0.05) is 31.0 Å². The van der Waals surface area contributed by atoms with Gasteiger partial charge in [0, 0.05) is 19.0 Å². The van der Waals surface area contributed by atoms with Crippen molar-refractivity contribution in [2.75, 3.05) is 6.54 Å². The Morgan fingerprint density at radius 1 is 1.24 bits per heavy atom. The number of carbonyl (C=O) groups excluding carboxylic acids is 1. The molecule has 1 aromatic rings. The van der Waals surface area contributed by atoms with Crippen molar-refractivity contribution in [1.29, 1.82) is 0 Å². The van der Waals surface area contributed by atoms with E-state index < -0.39 is 10.0 Å². The van der Waals surface area contributed by atoms with Crippen LogP contribution in [0, 0.1) is 6.92 Å². The lowest BCUT2D eigenvalue weighted by Gasteiger charge is -2.13. The molecule has 0 aliphatic heterocycles. The van der Waals surface area contributed by atoms with Gasteiger partial charge in [-0.2, -0.15) is 0 Å². The maximum absolute atomic E-state index is 12.0. The molecule has 5 nitrogen and oxygen atoms in total. The molecular weight excluding hydrogens is 288 g/mol. The molecule has 1 rings (SSSR count). The van der Waals surface area contributed by atoms with Gasteiger partial charge in [0.1, 0.15) is 0 Å². The molecule has 0 heterocycles. The zero-order valence-corrected chi connectivity index (χ0v) is 13.7. The Labute approximate surface area is 127 Å². The smallest absolute Gasteiger partial charge is 0.240 e. The van der Waals surface area contributed by atoms with Crippen LogP contribution in [0.2, 0.25) is 0 Å². The van der Waals surface area contributed by atoms with Gasteiger partial charge < -0.3 is 5.32 Å². The summed E-state index contributed by atoms with van der Waals surface area (Å²) >= 11 is 0. The summed E-state index contributed by atoms with van der Waals surface area (Å²) in [6.45, 7) is 5.99. The fourth-order valence-electron chi connectivity index (χ4n) is 1.95. The summed E-state index contributed by atoms with van der Waals surface area (Å²) in [5, 5.41) is 2.84. The van der Waals surface area contributed by atoms with Crippen molar-refractivity contribution in [3.8, 4) is 0 Å². The molecule has 0 aromatic heterocycles. The maximum Gasteiger partial charge on any atom is 0.240 e. The fourth-order valence-corrected chi connectivity index (χ4v) is 2.98. The summed E-state index contributed by atoms with van der Waals surface area (Å²) in [6, 6.07) is 6.72. The second-order valence-electron chi connectivity index (χ2n) is 5.22. The average molecular weight is 312 g/mol. The molecule has 0 bridgehead atoms. The normalized spacial score (nSPS) is 12.9. The Hall–Kier alpha value is -1.40. The highest BCUT2D eigenvalue weighted by molar-refractivity contribution is 7.89. The number of nitrogens with one attached hydrogen (secondary N) is 2. The lowest BCUT2D eigenvalue weighted by atomic mass is 10.2. The van der Waals surface area contributed by atoms with Crippen molar-refractivity contribution in [2.45, 2.75) is 51.0 Å². The molecule has 1 aromatic carbocycles. The molecule has 0 aliphatic carbocycles. The Balaban J connectivity index is 2.44.